The standard InChI is InChI=1S/C15H19N3O3S2/c1-12-7-14(17-11-16-12)8-13-9-18(4-5-21-10-13)23(19,20)15-3-2-6-22-15/h2-3,6-7,11,13H,4-5,8-10H2,1H3/t13-/m0/s1. The summed E-state index contributed by atoms with van der Waals surface area (Å²) >= 11 is 1.25. The number of ether oxygens (including phenoxy) is 1. The summed E-state index contributed by atoms with van der Waals surface area (Å²) in [4.78, 5) is 8.36. The molecule has 2 aromatic heterocycles. The maximum atomic E-state index is 12.7. The molecule has 8 heteroatoms. The smallest absolute Gasteiger partial charge is 0.252 e. The third-order valence-corrected chi connectivity index (χ3v) is 6.99. The number of thiophene rings is 1. The van der Waals surface area contributed by atoms with E-state index in [4.69, 9.17) is 4.74 Å². The van der Waals surface area contributed by atoms with Gasteiger partial charge in [-0.3, -0.25) is 0 Å². The molecule has 1 saturated heterocycles. The lowest BCUT2D eigenvalue weighted by Crippen LogP contribution is -2.36. The van der Waals surface area contributed by atoms with Gasteiger partial charge in [-0.1, -0.05) is 6.07 Å². The second kappa shape index (κ2) is 7.04. The molecule has 3 rings (SSSR count). The van der Waals surface area contributed by atoms with Gasteiger partial charge in [-0.25, -0.2) is 18.4 Å². The van der Waals surface area contributed by atoms with E-state index in [9.17, 15) is 8.42 Å². The van der Waals surface area contributed by atoms with Crippen LogP contribution in [0, 0.1) is 12.8 Å². The molecule has 0 radical (unpaired) electrons. The van der Waals surface area contributed by atoms with E-state index in [0.29, 0.717) is 36.9 Å². The van der Waals surface area contributed by atoms with Crippen LogP contribution in [0.2, 0.25) is 0 Å². The Balaban J connectivity index is 1.76. The molecule has 0 saturated carbocycles. The highest BCUT2D eigenvalue weighted by Crippen LogP contribution is 2.23. The lowest BCUT2D eigenvalue weighted by Gasteiger charge is -2.22. The van der Waals surface area contributed by atoms with Gasteiger partial charge in [0.1, 0.15) is 10.5 Å². The Bertz CT molecular complexity index is 747. The van der Waals surface area contributed by atoms with E-state index in [2.05, 4.69) is 9.97 Å². The molecule has 0 spiro atoms. The third-order valence-electron chi connectivity index (χ3n) is 3.75. The van der Waals surface area contributed by atoms with Crippen LogP contribution in [0.5, 0.6) is 0 Å². The maximum absolute atomic E-state index is 12.7. The average Bonchev–Trinajstić information content (AvgIpc) is 2.95. The van der Waals surface area contributed by atoms with Crippen LogP contribution in [-0.2, 0) is 21.2 Å². The number of sulfonamides is 1. The van der Waals surface area contributed by atoms with Crippen molar-refractivity contribution < 1.29 is 13.2 Å². The van der Waals surface area contributed by atoms with Crippen molar-refractivity contribution in [2.24, 2.45) is 5.92 Å². The van der Waals surface area contributed by atoms with Crippen molar-refractivity contribution in [3.63, 3.8) is 0 Å². The van der Waals surface area contributed by atoms with Gasteiger partial charge in [0.2, 0.25) is 0 Å². The Morgan fingerprint density at radius 1 is 1.43 bits per heavy atom. The fourth-order valence-electron chi connectivity index (χ4n) is 2.64. The van der Waals surface area contributed by atoms with Crippen molar-refractivity contribution in [2.45, 2.75) is 17.6 Å². The summed E-state index contributed by atoms with van der Waals surface area (Å²) in [5.41, 5.74) is 1.83. The van der Waals surface area contributed by atoms with Crippen molar-refractivity contribution in [3.05, 3.63) is 41.3 Å². The third kappa shape index (κ3) is 3.95. The molecule has 0 aliphatic carbocycles. The summed E-state index contributed by atoms with van der Waals surface area (Å²) < 4.78 is 32.9. The summed E-state index contributed by atoms with van der Waals surface area (Å²) in [6.45, 7) is 3.72. The lowest BCUT2D eigenvalue weighted by molar-refractivity contribution is 0.122. The maximum Gasteiger partial charge on any atom is 0.252 e. The van der Waals surface area contributed by atoms with Crippen LogP contribution in [0.25, 0.3) is 0 Å². The number of nitrogens with zero attached hydrogens (tertiary/aromatic N) is 3. The predicted octanol–water partition coefficient (Wildman–Crippen LogP) is 1.73. The number of aryl methyl sites for hydroxylation is 1. The van der Waals surface area contributed by atoms with E-state index in [1.807, 2.05) is 13.0 Å². The monoisotopic (exact) mass is 353 g/mol. The molecular formula is C15H19N3O3S2. The first kappa shape index (κ1) is 16.5. The van der Waals surface area contributed by atoms with Gasteiger partial charge in [0.05, 0.1) is 13.2 Å². The van der Waals surface area contributed by atoms with Gasteiger partial charge >= 0.3 is 0 Å². The molecule has 1 aliphatic heterocycles. The quantitative estimate of drug-likeness (QED) is 0.837. The number of hydrogen-bond donors (Lipinski definition) is 0. The molecule has 0 N–H and O–H groups in total. The minimum Gasteiger partial charge on any atom is -0.380 e. The van der Waals surface area contributed by atoms with Crippen molar-refractivity contribution in [2.75, 3.05) is 26.3 Å². The van der Waals surface area contributed by atoms with E-state index in [1.165, 1.54) is 15.6 Å². The zero-order valence-electron chi connectivity index (χ0n) is 12.9. The molecule has 1 atom stereocenters. The van der Waals surface area contributed by atoms with Gasteiger partial charge in [-0.15, -0.1) is 11.3 Å². The van der Waals surface area contributed by atoms with Gasteiger partial charge in [0, 0.05) is 30.4 Å². The first-order valence-corrected chi connectivity index (χ1v) is 9.76. The molecule has 23 heavy (non-hydrogen) atoms. The highest BCUT2D eigenvalue weighted by molar-refractivity contribution is 7.91. The van der Waals surface area contributed by atoms with Crippen molar-refractivity contribution in [1.82, 2.24) is 14.3 Å². The Morgan fingerprint density at radius 2 is 2.30 bits per heavy atom. The molecule has 1 aliphatic rings. The van der Waals surface area contributed by atoms with E-state index in [0.717, 1.165) is 11.4 Å². The van der Waals surface area contributed by atoms with Crippen molar-refractivity contribution in [3.8, 4) is 0 Å². The Labute approximate surface area is 140 Å². The summed E-state index contributed by atoms with van der Waals surface area (Å²) in [6.07, 6.45) is 2.22. The molecular weight excluding hydrogens is 334 g/mol. The van der Waals surface area contributed by atoms with Crippen LogP contribution in [0.15, 0.2) is 34.1 Å². The largest absolute Gasteiger partial charge is 0.380 e. The van der Waals surface area contributed by atoms with Crippen LogP contribution in [0.4, 0.5) is 0 Å². The normalized spacial score (nSPS) is 20.3. The van der Waals surface area contributed by atoms with Crippen LogP contribution < -0.4 is 0 Å². The Kier molecular flexibility index (Phi) is 5.05. The second-order valence-corrected chi connectivity index (χ2v) is 8.70. The highest BCUT2D eigenvalue weighted by Gasteiger charge is 2.30. The topological polar surface area (TPSA) is 72.4 Å². The predicted molar refractivity (Wildman–Crippen MR) is 87.9 cm³/mol. The fraction of sp³-hybridized carbons (Fsp3) is 0.467. The molecule has 0 unspecified atom stereocenters. The number of aromatic nitrogens is 2. The molecule has 6 nitrogen and oxygen atoms in total. The van der Waals surface area contributed by atoms with Gasteiger partial charge < -0.3 is 4.74 Å². The van der Waals surface area contributed by atoms with Crippen molar-refractivity contribution >= 4 is 21.4 Å². The van der Waals surface area contributed by atoms with Crippen LogP contribution in [0.3, 0.4) is 0 Å². The van der Waals surface area contributed by atoms with Crippen LogP contribution >= 0.6 is 11.3 Å². The van der Waals surface area contributed by atoms with E-state index in [-0.39, 0.29) is 5.92 Å². The zero-order valence-corrected chi connectivity index (χ0v) is 14.5. The van der Waals surface area contributed by atoms with Crippen LogP contribution in [-0.4, -0.2) is 49.0 Å². The minimum atomic E-state index is -3.44. The molecule has 3 heterocycles. The van der Waals surface area contributed by atoms with Gasteiger partial charge in [-0.05, 0) is 30.9 Å². The van der Waals surface area contributed by atoms with E-state index in [1.54, 1.807) is 23.8 Å². The average molecular weight is 353 g/mol. The van der Waals surface area contributed by atoms with Crippen LogP contribution in [0.1, 0.15) is 11.4 Å². The summed E-state index contributed by atoms with van der Waals surface area (Å²) in [5, 5.41) is 1.78. The molecule has 0 aromatic carbocycles. The van der Waals surface area contributed by atoms with Gasteiger partial charge in [0.15, 0.2) is 0 Å². The Morgan fingerprint density at radius 3 is 3.04 bits per heavy atom. The first-order chi connectivity index (χ1) is 11.1. The Hall–Kier alpha value is -1.35. The van der Waals surface area contributed by atoms with Gasteiger partial charge in [0.25, 0.3) is 10.0 Å². The van der Waals surface area contributed by atoms with Crippen molar-refractivity contribution in [1.29, 1.82) is 0 Å². The van der Waals surface area contributed by atoms with Gasteiger partial charge in [-0.2, -0.15) is 4.31 Å². The van der Waals surface area contributed by atoms with E-state index >= 15 is 0 Å². The lowest BCUT2D eigenvalue weighted by atomic mass is 10.0. The van der Waals surface area contributed by atoms with E-state index < -0.39 is 10.0 Å². The summed E-state index contributed by atoms with van der Waals surface area (Å²) in [5.74, 6) is 0.0848. The number of hydrogen-bond acceptors (Lipinski definition) is 6. The minimum absolute atomic E-state index is 0.0848. The number of rotatable bonds is 4. The molecule has 124 valence electrons. The molecule has 0 bridgehead atoms. The fourth-order valence-corrected chi connectivity index (χ4v) is 5.29. The first-order valence-electron chi connectivity index (χ1n) is 7.44. The second-order valence-electron chi connectivity index (χ2n) is 5.59. The SMILES string of the molecule is Cc1cc(C[C@@H]2COCCN(S(=O)(=O)c3cccs3)C2)ncn1. The molecule has 2 aromatic rings. The summed E-state index contributed by atoms with van der Waals surface area (Å²) in [7, 11) is -3.44. The summed E-state index contributed by atoms with van der Waals surface area (Å²) in [6, 6.07) is 5.34. The molecule has 1 fully saturated rings. The molecule has 0 amide bonds. The highest BCUT2D eigenvalue weighted by atomic mass is 32.2. The zero-order chi connectivity index (χ0) is 16.3.